The quantitative estimate of drug-likeness (QED) is 0.322. The highest BCUT2D eigenvalue weighted by atomic mass is 35.5. The Balaban J connectivity index is 1.33. The molecule has 1 aliphatic heterocycles. The topological polar surface area (TPSA) is 111 Å². The van der Waals surface area contributed by atoms with E-state index in [1.165, 1.54) is 8.99 Å². The van der Waals surface area contributed by atoms with Crippen LogP contribution in [-0.2, 0) is 20.5 Å². The number of halogens is 1. The number of hydrogen-bond donors (Lipinski definition) is 0. The number of anilines is 1. The van der Waals surface area contributed by atoms with Crippen LogP contribution in [0.4, 0.5) is 5.69 Å². The normalized spacial score (nSPS) is 16.8. The van der Waals surface area contributed by atoms with E-state index in [0.29, 0.717) is 47.2 Å². The van der Waals surface area contributed by atoms with E-state index < -0.39 is 21.6 Å². The van der Waals surface area contributed by atoms with Gasteiger partial charge in [0.1, 0.15) is 5.69 Å². The smallest absolute Gasteiger partial charge is 0.338 e. The van der Waals surface area contributed by atoms with E-state index in [0.717, 1.165) is 12.8 Å². The van der Waals surface area contributed by atoms with Crippen molar-refractivity contribution in [1.82, 2.24) is 14.1 Å². The second-order valence-corrected chi connectivity index (χ2v) is 13.1. The van der Waals surface area contributed by atoms with Crippen LogP contribution in [0.5, 0.6) is 5.75 Å². The van der Waals surface area contributed by atoms with Crippen molar-refractivity contribution < 1.29 is 22.7 Å². The summed E-state index contributed by atoms with van der Waals surface area (Å²) in [5.41, 5.74) is 1.54. The molecule has 3 aromatic rings. The maximum atomic E-state index is 13.6. The number of nitrogens with zero attached hydrogens (tertiary/aromatic N) is 4. The fraction of sp³-hybridized carbons (Fsp3) is 0.414. The van der Waals surface area contributed by atoms with Gasteiger partial charge in [-0.1, -0.05) is 36.7 Å². The summed E-state index contributed by atoms with van der Waals surface area (Å²) in [6.07, 6.45) is 3.67. The van der Waals surface area contributed by atoms with Gasteiger partial charge in [0.25, 0.3) is 0 Å². The van der Waals surface area contributed by atoms with E-state index in [1.54, 1.807) is 61.7 Å². The molecule has 0 amide bonds. The Morgan fingerprint density at radius 2 is 1.80 bits per heavy atom. The zero-order chi connectivity index (χ0) is 29.2. The molecular weight excluding hydrogens is 568 g/mol. The van der Waals surface area contributed by atoms with Crippen molar-refractivity contribution >= 4 is 33.3 Å². The van der Waals surface area contributed by atoms with Crippen molar-refractivity contribution in [2.45, 2.75) is 32.4 Å². The number of rotatable bonds is 10. The predicted molar refractivity (Wildman–Crippen MR) is 156 cm³/mol. The van der Waals surface area contributed by atoms with Crippen LogP contribution in [-0.4, -0.2) is 67.9 Å². The molecule has 0 radical (unpaired) electrons. The molecule has 2 heterocycles. The predicted octanol–water partition coefficient (Wildman–Crippen LogP) is 3.89. The first-order valence-corrected chi connectivity index (χ1v) is 15.6. The second-order valence-electron chi connectivity index (χ2n) is 10.7. The third-order valence-electron chi connectivity index (χ3n) is 7.40. The van der Waals surface area contributed by atoms with Gasteiger partial charge in [0.2, 0.25) is 15.8 Å². The lowest BCUT2D eigenvalue weighted by Gasteiger charge is -2.35. The molecule has 2 fully saturated rings. The highest BCUT2D eigenvalue weighted by molar-refractivity contribution is 7.88. The van der Waals surface area contributed by atoms with Gasteiger partial charge in [0.05, 0.1) is 36.4 Å². The lowest BCUT2D eigenvalue weighted by atomic mass is 10.1. The Kier molecular flexibility index (Phi) is 8.40. The van der Waals surface area contributed by atoms with Gasteiger partial charge in [0, 0.05) is 36.6 Å². The Hall–Kier alpha value is -3.41. The van der Waals surface area contributed by atoms with E-state index in [4.69, 9.17) is 21.1 Å². The molecule has 0 N–H and O–H groups in total. The van der Waals surface area contributed by atoms with E-state index in [9.17, 15) is 18.0 Å². The van der Waals surface area contributed by atoms with Gasteiger partial charge in [-0.25, -0.2) is 13.2 Å². The summed E-state index contributed by atoms with van der Waals surface area (Å²) in [6, 6.07) is 13.4. The molecule has 2 aliphatic rings. The van der Waals surface area contributed by atoms with Crippen LogP contribution in [0.15, 0.2) is 59.5 Å². The molecule has 1 aromatic heterocycles. The minimum absolute atomic E-state index is 0.0468. The van der Waals surface area contributed by atoms with Gasteiger partial charge >= 0.3 is 11.5 Å². The average Bonchev–Trinajstić information content (AvgIpc) is 3.69. The Morgan fingerprint density at radius 3 is 2.49 bits per heavy atom. The monoisotopic (exact) mass is 600 g/mol. The van der Waals surface area contributed by atoms with Crippen molar-refractivity contribution in [2.24, 2.45) is 5.41 Å². The second kappa shape index (κ2) is 11.8. The number of sulfonamides is 1. The largest absolute Gasteiger partial charge is 0.486 e. The first-order valence-electron chi connectivity index (χ1n) is 13.6. The van der Waals surface area contributed by atoms with Crippen molar-refractivity contribution in [1.29, 1.82) is 0 Å². The molecule has 5 rings (SSSR count). The van der Waals surface area contributed by atoms with Gasteiger partial charge in [-0.05, 0) is 55.7 Å². The maximum Gasteiger partial charge on any atom is 0.338 e. The zero-order valence-corrected chi connectivity index (χ0v) is 24.7. The number of hydrogen-bond acceptors (Lipinski definition) is 8. The molecule has 0 bridgehead atoms. The molecule has 12 heteroatoms. The van der Waals surface area contributed by atoms with E-state index in [1.807, 2.05) is 4.90 Å². The molecule has 41 heavy (non-hydrogen) atoms. The Bertz CT molecular complexity index is 1600. The van der Waals surface area contributed by atoms with Crippen molar-refractivity contribution in [3.05, 3.63) is 81.2 Å². The molecule has 0 atom stereocenters. The van der Waals surface area contributed by atoms with Crippen LogP contribution in [0.1, 0.15) is 42.6 Å². The maximum absolute atomic E-state index is 13.6. The highest BCUT2D eigenvalue weighted by Crippen LogP contribution is 2.45. The summed E-state index contributed by atoms with van der Waals surface area (Å²) in [5, 5.41) is 4.88. The lowest BCUT2D eigenvalue weighted by molar-refractivity contribution is 0.0526. The minimum atomic E-state index is -3.65. The van der Waals surface area contributed by atoms with Crippen LogP contribution >= 0.6 is 11.6 Å². The van der Waals surface area contributed by atoms with E-state index in [2.05, 4.69) is 12.0 Å². The summed E-state index contributed by atoms with van der Waals surface area (Å²) in [7, 11) is -3.65. The Morgan fingerprint density at radius 1 is 1.07 bits per heavy atom. The summed E-state index contributed by atoms with van der Waals surface area (Å²) < 4.78 is 40.4. The summed E-state index contributed by atoms with van der Waals surface area (Å²) >= 11 is 6.15. The number of carbonyl (C=O) groups excluding carboxylic acids is 1. The summed E-state index contributed by atoms with van der Waals surface area (Å²) in [6.45, 7) is 5.67. The number of esters is 1. The third kappa shape index (κ3) is 6.74. The number of carbonyl (C=O) groups is 1. The van der Waals surface area contributed by atoms with Gasteiger partial charge < -0.3 is 14.4 Å². The number of piperazine rings is 1. The van der Waals surface area contributed by atoms with Crippen LogP contribution in [0.2, 0.25) is 5.02 Å². The SMILES string of the molecule is CCOC(=O)c1cccc(CS(=O)(=O)N2CCN(c3cnn(-c4cccc(Cl)c4)c(=O)c3OCC3(C)CC3)CC2)c1. The first-order chi connectivity index (χ1) is 19.6. The average molecular weight is 601 g/mol. The van der Waals surface area contributed by atoms with Crippen molar-refractivity contribution in [3.8, 4) is 11.4 Å². The third-order valence-corrected chi connectivity index (χ3v) is 9.48. The van der Waals surface area contributed by atoms with E-state index >= 15 is 0 Å². The molecule has 1 saturated carbocycles. The standard InChI is InChI=1S/C29H33ClN4O6S/c1-3-39-28(36)22-7-4-6-21(16-22)19-41(37,38)33-14-12-32(13-15-33)25-18-31-34(24-9-5-8-23(30)17-24)27(35)26(25)40-20-29(2)10-11-29/h4-9,16-18H,3,10-15,19-20H2,1-2H3. The fourth-order valence-corrected chi connectivity index (χ4v) is 6.39. The fourth-order valence-electron chi connectivity index (χ4n) is 4.70. The molecule has 218 valence electrons. The summed E-state index contributed by atoms with van der Waals surface area (Å²) in [5.74, 6) is -0.523. The van der Waals surface area contributed by atoms with Crippen LogP contribution in [0.25, 0.3) is 5.69 Å². The molecule has 10 nitrogen and oxygen atoms in total. The molecule has 0 unspecified atom stereocenters. The molecule has 0 spiro atoms. The zero-order valence-electron chi connectivity index (χ0n) is 23.1. The van der Waals surface area contributed by atoms with Gasteiger partial charge in [-0.15, -0.1) is 0 Å². The van der Waals surface area contributed by atoms with E-state index in [-0.39, 0.29) is 36.6 Å². The van der Waals surface area contributed by atoms with Gasteiger partial charge in [-0.2, -0.15) is 14.1 Å². The molecule has 1 saturated heterocycles. The highest BCUT2D eigenvalue weighted by Gasteiger charge is 2.39. The number of benzene rings is 2. The van der Waals surface area contributed by atoms with Gasteiger partial charge in [-0.3, -0.25) is 4.79 Å². The Labute approximate surface area is 244 Å². The molecule has 1 aliphatic carbocycles. The van der Waals surface area contributed by atoms with Crippen LogP contribution in [0.3, 0.4) is 0 Å². The summed E-state index contributed by atoms with van der Waals surface area (Å²) in [4.78, 5) is 27.6. The first kappa shape index (κ1) is 29.1. The number of ether oxygens (including phenoxy) is 2. The van der Waals surface area contributed by atoms with Crippen molar-refractivity contribution in [2.75, 3.05) is 44.3 Å². The number of aromatic nitrogens is 2. The van der Waals surface area contributed by atoms with Crippen LogP contribution in [0, 0.1) is 5.41 Å². The molecule has 2 aromatic carbocycles. The lowest BCUT2D eigenvalue weighted by Crippen LogP contribution is -2.49. The molecular formula is C29H33ClN4O6S. The van der Waals surface area contributed by atoms with Crippen molar-refractivity contribution in [3.63, 3.8) is 0 Å². The van der Waals surface area contributed by atoms with Gasteiger partial charge in [0.15, 0.2) is 0 Å². The van der Waals surface area contributed by atoms with Crippen LogP contribution < -0.4 is 15.2 Å². The minimum Gasteiger partial charge on any atom is -0.486 e.